The van der Waals surface area contributed by atoms with Crippen LogP contribution in [0.5, 0.6) is 5.75 Å². The molecule has 0 atom stereocenters. The number of nitrogens with zero attached hydrogens (tertiary/aromatic N) is 4. The van der Waals surface area contributed by atoms with E-state index in [1.165, 1.54) is 18.2 Å². The minimum atomic E-state index is -0.309. The van der Waals surface area contributed by atoms with E-state index < -0.39 is 0 Å². The zero-order valence-corrected chi connectivity index (χ0v) is 14.0. The van der Waals surface area contributed by atoms with Gasteiger partial charge in [-0.1, -0.05) is 12.1 Å². The molecule has 6 heteroatoms. The summed E-state index contributed by atoms with van der Waals surface area (Å²) in [6, 6.07) is 16.5. The third-order valence-electron chi connectivity index (χ3n) is 4.03. The lowest BCUT2D eigenvalue weighted by molar-refractivity contribution is 0.475. The SMILES string of the molecule is Cc1cccn2c(N=Nc3cccc(O)c3)c(-c3ccc(F)cc3)nc12. The van der Waals surface area contributed by atoms with Gasteiger partial charge < -0.3 is 5.11 Å². The number of aromatic hydroxyl groups is 1. The average Bonchev–Trinajstić information content (AvgIpc) is 3.01. The molecule has 0 fully saturated rings. The molecule has 4 aromatic rings. The van der Waals surface area contributed by atoms with Crippen molar-refractivity contribution in [2.45, 2.75) is 6.92 Å². The molecule has 0 unspecified atom stereocenters. The minimum Gasteiger partial charge on any atom is -0.508 e. The Morgan fingerprint density at radius 2 is 1.81 bits per heavy atom. The van der Waals surface area contributed by atoms with Crippen molar-refractivity contribution in [2.24, 2.45) is 10.2 Å². The lowest BCUT2D eigenvalue weighted by Crippen LogP contribution is -1.85. The molecule has 2 heterocycles. The number of imidazole rings is 1. The first-order valence-electron chi connectivity index (χ1n) is 8.06. The summed E-state index contributed by atoms with van der Waals surface area (Å²) in [6.07, 6.45) is 1.86. The molecule has 0 aliphatic rings. The number of hydrogen-bond donors (Lipinski definition) is 1. The number of benzene rings is 2. The first-order chi connectivity index (χ1) is 12.6. The molecule has 0 amide bonds. The number of halogens is 1. The van der Waals surface area contributed by atoms with Crippen molar-refractivity contribution in [1.29, 1.82) is 0 Å². The fourth-order valence-electron chi connectivity index (χ4n) is 2.75. The average molecular weight is 346 g/mol. The minimum absolute atomic E-state index is 0.120. The summed E-state index contributed by atoms with van der Waals surface area (Å²) in [5.74, 6) is 0.351. The summed E-state index contributed by atoms with van der Waals surface area (Å²) >= 11 is 0. The van der Waals surface area contributed by atoms with E-state index in [4.69, 9.17) is 0 Å². The second-order valence-electron chi connectivity index (χ2n) is 5.90. The van der Waals surface area contributed by atoms with Gasteiger partial charge in [-0.05, 0) is 55.0 Å². The number of phenolic OH excluding ortho intramolecular Hbond substituents is 1. The maximum absolute atomic E-state index is 13.3. The highest BCUT2D eigenvalue weighted by Crippen LogP contribution is 2.33. The van der Waals surface area contributed by atoms with Gasteiger partial charge in [-0.3, -0.25) is 4.40 Å². The zero-order chi connectivity index (χ0) is 18.1. The van der Waals surface area contributed by atoms with E-state index in [2.05, 4.69) is 15.2 Å². The topological polar surface area (TPSA) is 62.2 Å². The van der Waals surface area contributed by atoms with Gasteiger partial charge in [-0.15, -0.1) is 10.2 Å². The smallest absolute Gasteiger partial charge is 0.187 e. The number of aromatic nitrogens is 2. The summed E-state index contributed by atoms with van der Waals surface area (Å²) in [7, 11) is 0. The van der Waals surface area contributed by atoms with Crippen LogP contribution in [0, 0.1) is 12.7 Å². The van der Waals surface area contributed by atoms with Gasteiger partial charge in [0, 0.05) is 17.8 Å². The van der Waals surface area contributed by atoms with Crippen LogP contribution < -0.4 is 0 Å². The first-order valence-corrected chi connectivity index (χ1v) is 8.06. The quantitative estimate of drug-likeness (QED) is 0.493. The molecule has 0 saturated carbocycles. The van der Waals surface area contributed by atoms with Crippen LogP contribution in [0.4, 0.5) is 15.9 Å². The van der Waals surface area contributed by atoms with Crippen LogP contribution in [-0.2, 0) is 0 Å². The van der Waals surface area contributed by atoms with E-state index in [-0.39, 0.29) is 11.6 Å². The Balaban J connectivity index is 1.90. The Morgan fingerprint density at radius 1 is 1.00 bits per heavy atom. The highest BCUT2D eigenvalue weighted by molar-refractivity contribution is 5.75. The first kappa shape index (κ1) is 16.0. The van der Waals surface area contributed by atoms with Crippen LogP contribution in [0.1, 0.15) is 5.56 Å². The maximum atomic E-state index is 13.3. The Morgan fingerprint density at radius 3 is 2.58 bits per heavy atom. The number of fused-ring (bicyclic) bond motifs is 1. The predicted molar refractivity (Wildman–Crippen MR) is 97.6 cm³/mol. The van der Waals surface area contributed by atoms with Crippen LogP contribution in [0.2, 0.25) is 0 Å². The highest BCUT2D eigenvalue weighted by atomic mass is 19.1. The molecule has 26 heavy (non-hydrogen) atoms. The fraction of sp³-hybridized carbons (Fsp3) is 0.0500. The molecule has 0 radical (unpaired) electrons. The Kier molecular flexibility index (Phi) is 3.93. The van der Waals surface area contributed by atoms with Gasteiger partial charge in [-0.2, -0.15) is 0 Å². The number of pyridine rings is 1. The van der Waals surface area contributed by atoms with Gasteiger partial charge in [0.05, 0.1) is 5.69 Å². The molecule has 2 aromatic carbocycles. The molecule has 5 nitrogen and oxygen atoms in total. The lowest BCUT2D eigenvalue weighted by atomic mass is 10.1. The van der Waals surface area contributed by atoms with Crippen LogP contribution in [0.25, 0.3) is 16.9 Å². The van der Waals surface area contributed by atoms with E-state index in [1.807, 2.05) is 29.7 Å². The van der Waals surface area contributed by atoms with E-state index >= 15 is 0 Å². The maximum Gasteiger partial charge on any atom is 0.187 e. The Hall–Kier alpha value is -3.54. The van der Waals surface area contributed by atoms with Crippen LogP contribution in [0.15, 0.2) is 77.1 Å². The zero-order valence-electron chi connectivity index (χ0n) is 14.0. The molecule has 2 aromatic heterocycles. The number of phenols is 1. The van der Waals surface area contributed by atoms with Crippen molar-refractivity contribution in [2.75, 3.05) is 0 Å². The summed E-state index contributed by atoms with van der Waals surface area (Å²) in [6.45, 7) is 1.97. The van der Waals surface area contributed by atoms with Crippen molar-refractivity contribution in [3.8, 4) is 17.0 Å². The van der Waals surface area contributed by atoms with Crippen molar-refractivity contribution >= 4 is 17.2 Å². The number of azo groups is 1. The third-order valence-corrected chi connectivity index (χ3v) is 4.03. The van der Waals surface area contributed by atoms with Gasteiger partial charge in [0.25, 0.3) is 0 Å². The van der Waals surface area contributed by atoms with Gasteiger partial charge >= 0.3 is 0 Å². The van der Waals surface area contributed by atoms with Crippen LogP contribution in [-0.4, -0.2) is 14.5 Å². The Bertz CT molecular complexity index is 1120. The van der Waals surface area contributed by atoms with Crippen molar-refractivity contribution in [3.63, 3.8) is 0 Å². The van der Waals surface area contributed by atoms with E-state index in [0.717, 1.165) is 16.8 Å². The molecule has 0 bridgehead atoms. The predicted octanol–water partition coefficient (Wildman–Crippen LogP) is 5.57. The molecule has 0 aliphatic carbocycles. The standard InChI is InChI=1S/C20H15FN4O/c1-13-4-3-11-25-19(13)22-18(14-7-9-15(21)10-8-14)20(25)24-23-16-5-2-6-17(26)12-16/h2-12,26H,1H3. The van der Waals surface area contributed by atoms with Gasteiger partial charge in [-0.25, -0.2) is 9.37 Å². The normalized spacial score (nSPS) is 11.5. The lowest BCUT2D eigenvalue weighted by Gasteiger charge is -2.00. The number of rotatable bonds is 3. The van der Waals surface area contributed by atoms with Crippen molar-refractivity contribution in [3.05, 3.63) is 78.2 Å². The third kappa shape index (κ3) is 2.93. The summed E-state index contributed by atoms with van der Waals surface area (Å²) in [5.41, 5.74) is 3.64. The fourth-order valence-corrected chi connectivity index (χ4v) is 2.75. The Labute approximate surface area is 149 Å². The molecular weight excluding hydrogens is 331 g/mol. The number of aryl methyl sites for hydroxylation is 1. The second kappa shape index (κ2) is 6.40. The summed E-state index contributed by atoms with van der Waals surface area (Å²) < 4.78 is 15.1. The number of hydrogen-bond acceptors (Lipinski definition) is 4. The van der Waals surface area contributed by atoms with Gasteiger partial charge in [0.15, 0.2) is 5.82 Å². The molecule has 128 valence electrons. The molecule has 0 aliphatic heterocycles. The van der Waals surface area contributed by atoms with E-state index in [9.17, 15) is 9.50 Å². The second-order valence-corrected chi connectivity index (χ2v) is 5.90. The van der Waals surface area contributed by atoms with E-state index in [0.29, 0.717) is 17.2 Å². The van der Waals surface area contributed by atoms with Crippen LogP contribution >= 0.6 is 0 Å². The summed E-state index contributed by atoms with van der Waals surface area (Å²) in [5, 5.41) is 18.2. The largest absolute Gasteiger partial charge is 0.508 e. The van der Waals surface area contributed by atoms with Gasteiger partial charge in [0.1, 0.15) is 22.9 Å². The molecule has 1 N–H and O–H groups in total. The highest BCUT2D eigenvalue weighted by Gasteiger charge is 2.15. The van der Waals surface area contributed by atoms with Gasteiger partial charge in [0.2, 0.25) is 0 Å². The van der Waals surface area contributed by atoms with Crippen molar-refractivity contribution in [1.82, 2.24) is 9.38 Å². The van der Waals surface area contributed by atoms with E-state index in [1.54, 1.807) is 30.3 Å². The molecular formula is C20H15FN4O. The molecule has 0 saturated heterocycles. The summed E-state index contributed by atoms with van der Waals surface area (Å²) in [4.78, 5) is 4.68. The molecule has 0 spiro atoms. The monoisotopic (exact) mass is 346 g/mol. The van der Waals surface area contributed by atoms with Crippen molar-refractivity contribution < 1.29 is 9.50 Å². The van der Waals surface area contributed by atoms with Crippen LogP contribution in [0.3, 0.4) is 0 Å². The molecule has 4 rings (SSSR count).